The van der Waals surface area contributed by atoms with E-state index in [-0.39, 0.29) is 24.7 Å². The number of rotatable bonds is 5. The van der Waals surface area contributed by atoms with Crippen LogP contribution in [0.5, 0.6) is 5.75 Å². The lowest BCUT2D eigenvalue weighted by molar-refractivity contribution is -0.141. The quantitative estimate of drug-likeness (QED) is 0.508. The third kappa shape index (κ3) is 3.91. The summed E-state index contributed by atoms with van der Waals surface area (Å²) in [6.07, 6.45) is -4.40. The Morgan fingerprint density at radius 1 is 1.32 bits per heavy atom. The van der Waals surface area contributed by atoms with Crippen LogP contribution in [0.4, 0.5) is 18.9 Å². The van der Waals surface area contributed by atoms with Gasteiger partial charge in [0, 0.05) is 33.8 Å². The van der Waals surface area contributed by atoms with Gasteiger partial charge in [-0.05, 0) is 24.6 Å². The lowest BCUT2D eigenvalue weighted by Gasteiger charge is -2.09. The second kappa shape index (κ2) is 7.34. The molecule has 1 aromatic carbocycles. The lowest BCUT2D eigenvalue weighted by Crippen LogP contribution is -2.06. The van der Waals surface area contributed by atoms with E-state index < -0.39 is 11.9 Å². The predicted octanol–water partition coefficient (Wildman–Crippen LogP) is 3.84. The number of nitrogens with two attached hydrogens (primary N) is 1. The van der Waals surface area contributed by atoms with Crippen LogP contribution in [0.2, 0.25) is 0 Å². The van der Waals surface area contributed by atoms with Crippen molar-refractivity contribution in [3.05, 3.63) is 40.0 Å². The normalized spacial score (nSPS) is 11.8. The molecule has 0 spiro atoms. The summed E-state index contributed by atoms with van der Waals surface area (Å²) >= 11 is 1.46. The van der Waals surface area contributed by atoms with Crippen LogP contribution < -0.4 is 10.5 Å². The molecule has 10 heteroatoms. The molecule has 0 amide bonds. The van der Waals surface area contributed by atoms with Crippen molar-refractivity contribution in [2.75, 3.05) is 12.8 Å². The zero-order valence-corrected chi connectivity index (χ0v) is 16.2. The number of nitrogens with zero attached hydrogens (tertiary/aromatic N) is 2. The minimum Gasteiger partial charge on any atom is -0.487 e. The highest BCUT2D eigenvalue weighted by Crippen LogP contribution is 2.38. The van der Waals surface area contributed by atoms with Gasteiger partial charge >= 0.3 is 12.1 Å². The smallest absolute Gasteiger partial charge is 0.435 e. The zero-order valence-electron chi connectivity index (χ0n) is 15.4. The maximum Gasteiger partial charge on any atom is 0.435 e. The van der Waals surface area contributed by atoms with Gasteiger partial charge in [0.25, 0.3) is 0 Å². The van der Waals surface area contributed by atoms with E-state index in [1.807, 2.05) is 6.92 Å². The van der Waals surface area contributed by atoms with Crippen LogP contribution in [-0.4, -0.2) is 22.9 Å². The Morgan fingerprint density at radius 3 is 2.64 bits per heavy atom. The number of benzene rings is 1. The first kappa shape index (κ1) is 20.0. The Balaban J connectivity index is 1.85. The molecule has 2 heterocycles. The number of thiophene rings is 1. The van der Waals surface area contributed by atoms with Gasteiger partial charge in [-0.3, -0.25) is 9.48 Å². The number of esters is 1. The van der Waals surface area contributed by atoms with E-state index in [1.165, 1.54) is 25.5 Å². The van der Waals surface area contributed by atoms with E-state index >= 15 is 0 Å². The molecule has 3 rings (SSSR count). The molecule has 0 aliphatic rings. The van der Waals surface area contributed by atoms with Gasteiger partial charge in [0.1, 0.15) is 12.4 Å². The highest BCUT2D eigenvalue weighted by atomic mass is 32.1. The Hall–Kier alpha value is -2.75. The van der Waals surface area contributed by atoms with Crippen molar-refractivity contribution >= 4 is 33.1 Å². The van der Waals surface area contributed by atoms with Crippen LogP contribution in [0.25, 0.3) is 10.1 Å². The standard InChI is InChI=1S/C18H18F3N3O3S/c1-9-12(7-16(25)26-3)17-13(22)5-11(6-14(17)28-9)27-8-10-4-15(18(19,20)21)23-24(10)2/h4-6H,7-8,22H2,1-3H3. The number of ether oxygens (including phenoxy) is 2. The SMILES string of the molecule is COC(=O)Cc1c(C)sc2cc(OCc3cc(C(F)(F)F)nn3C)cc(N)c12. The van der Waals surface area contributed by atoms with Crippen molar-refractivity contribution in [1.82, 2.24) is 9.78 Å². The summed E-state index contributed by atoms with van der Waals surface area (Å²) < 4.78 is 50.6. The number of nitrogen functional groups attached to an aromatic ring is 1. The first-order valence-corrected chi connectivity index (χ1v) is 9.03. The second-order valence-electron chi connectivity index (χ2n) is 6.21. The summed E-state index contributed by atoms with van der Waals surface area (Å²) in [7, 11) is 2.75. The molecule has 3 aromatic rings. The molecule has 2 N–H and O–H groups in total. The summed E-state index contributed by atoms with van der Waals surface area (Å²) in [5.74, 6) is 0.0600. The summed E-state index contributed by atoms with van der Waals surface area (Å²) in [4.78, 5) is 12.6. The van der Waals surface area contributed by atoms with Crippen molar-refractivity contribution < 1.29 is 27.4 Å². The summed E-state index contributed by atoms with van der Waals surface area (Å²) in [5, 5.41) is 4.22. The average Bonchev–Trinajstić information content (AvgIpc) is 3.13. The number of aryl methyl sites for hydroxylation is 2. The van der Waals surface area contributed by atoms with Gasteiger partial charge in [0.15, 0.2) is 5.69 Å². The summed E-state index contributed by atoms with van der Waals surface area (Å²) in [6.45, 7) is 1.79. The van der Waals surface area contributed by atoms with E-state index in [0.717, 1.165) is 31.3 Å². The zero-order chi connectivity index (χ0) is 20.6. The molecule has 0 saturated heterocycles. The molecule has 0 unspecified atom stereocenters. The van der Waals surface area contributed by atoms with Gasteiger partial charge in [0.05, 0.1) is 19.2 Å². The molecule has 0 saturated carbocycles. The fraction of sp³-hybridized carbons (Fsp3) is 0.333. The van der Waals surface area contributed by atoms with E-state index in [0.29, 0.717) is 11.4 Å². The molecular weight excluding hydrogens is 395 g/mol. The molecule has 0 bridgehead atoms. The van der Waals surface area contributed by atoms with Crippen molar-refractivity contribution in [2.24, 2.45) is 7.05 Å². The Kier molecular flexibility index (Phi) is 5.24. The van der Waals surface area contributed by atoms with E-state index in [4.69, 9.17) is 15.2 Å². The fourth-order valence-electron chi connectivity index (χ4n) is 2.87. The number of halogens is 3. The van der Waals surface area contributed by atoms with E-state index in [1.54, 1.807) is 12.1 Å². The van der Waals surface area contributed by atoms with Gasteiger partial charge < -0.3 is 15.2 Å². The number of hydrogen-bond acceptors (Lipinski definition) is 6. The van der Waals surface area contributed by atoms with Gasteiger partial charge in [-0.1, -0.05) is 0 Å². The third-order valence-corrected chi connectivity index (χ3v) is 5.39. The fourth-order valence-corrected chi connectivity index (χ4v) is 4.01. The summed E-state index contributed by atoms with van der Waals surface area (Å²) in [6, 6.07) is 4.30. The molecular formula is C18H18F3N3O3S. The molecule has 150 valence electrons. The second-order valence-corrected chi connectivity index (χ2v) is 7.46. The number of alkyl halides is 3. The molecule has 0 fully saturated rings. The number of carbonyl (C=O) groups excluding carboxylic acids is 1. The lowest BCUT2D eigenvalue weighted by atomic mass is 10.1. The van der Waals surface area contributed by atoms with E-state index in [9.17, 15) is 18.0 Å². The van der Waals surface area contributed by atoms with E-state index in [2.05, 4.69) is 5.10 Å². The first-order chi connectivity index (χ1) is 13.1. The van der Waals surface area contributed by atoms with Gasteiger partial charge in [0.2, 0.25) is 0 Å². The highest BCUT2D eigenvalue weighted by Gasteiger charge is 2.34. The van der Waals surface area contributed by atoms with Crippen molar-refractivity contribution in [3.63, 3.8) is 0 Å². The maximum absolute atomic E-state index is 12.8. The van der Waals surface area contributed by atoms with Crippen molar-refractivity contribution in [2.45, 2.75) is 26.1 Å². The van der Waals surface area contributed by atoms with Gasteiger partial charge in [-0.15, -0.1) is 11.3 Å². The maximum atomic E-state index is 12.8. The largest absolute Gasteiger partial charge is 0.487 e. The van der Waals surface area contributed by atoms with Crippen LogP contribution in [0, 0.1) is 6.92 Å². The van der Waals surface area contributed by atoms with Crippen LogP contribution in [0.1, 0.15) is 21.8 Å². The molecule has 0 aliphatic heterocycles. The van der Waals surface area contributed by atoms with Crippen molar-refractivity contribution in [3.8, 4) is 5.75 Å². The monoisotopic (exact) mass is 413 g/mol. The minimum atomic E-state index is -4.51. The molecule has 2 aromatic heterocycles. The van der Waals surface area contributed by atoms with Crippen LogP contribution in [0.15, 0.2) is 18.2 Å². The number of hydrogen-bond donors (Lipinski definition) is 1. The number of aromatic nitrogens is 2. The topological polar surface area (TPSA) is 79.4 Å². The van der Waals surface area contributed by atoms with Gasteiger partial charge in [-0.25, -0.2) is 0 Å². The molecule has 6 nitrogen and oxygen atoms in total. The van der Waals surface area contributed by atoms with Crippen LogP contribution in [0.3, 0.4) is 0 Å². The Morgan fingerprint density at radius 2 is 2.04 bits per heavy atom. The third-order valence-electron chi connectivity index (χ3n) is 4.30. The number of carbonyl (C=O) groups is 1. The highest BCUT2D eigenvalue weighted by molar-refractivity contribution is 7.19. The Bertz CT molecular complexity index is 1040. The van der Waals surface area contributed by atoms with Gasteiger partial charge in [-0.2, -0.15) is 18.3 Å². The number of methoxy groups -OCH3 is 1. The minimum absolute atomic E-state index is 0.0934. The first-order valence-electron chi connectivity index (χ1n) is 8.21. The molecule has 28 heavy (non-hydrogen) atoms. The average molecular weight is 413 g/mol. The van der Waals surface area contributed by atoms with Crippen molar-refractivity contribution in [1.29, 1.82) is 0 Å². The van der Waals surface area contributed by atoms with Crippen LogP contribution in [-0.2, 0) is 35.8 Å². The number of anilines is 1. The molecule has 0 radical (unpaired) electrons. The summed E-state index contributed by atoms with van der Waals surface area (Å²) in [5.41, 5.74) is 6.70. The predicted molar refractivity (Wildman–Crippen MR) is 99.2 cm³/mol. The van der Waals surface area contributed by atoms with Crippen LogP contribution >= 0.6 is 11.3 Å². The number of fused-ring (bicyclic) bond motifs is 1. The Labute approximate surface area is 162 Å². The molecule has 0 aliphatic carbocycles. The molecule has 0 atom stereocenters.